The first-order valence-electron chi connectivity index (χ1n) is 20.9. The molecule has 63 heavy (non-hydrogen) atoms. The predicted octanol–water partition coefficient (Wildman–Crippen LogP) is 16.5. The normalized spacial score (nSPS) is 11.7. The van der Waals surface area contributed by atoms with Crippen molar-refractivity contribution in [2.45, 2.75) is 6.92 Å². The van der Waals surface area contributed by atoms with Gasteiger partial charge in [-0.3, -0.25) is 0 Å². The highest BCUT2D eigenvalue weighted by atomic mass is 19.1. The summed E-state index contributed by atoms with van der Waals surface area (Å²) in [4.78, 5) is 4.19. The number of hydrogen-bond donors (Lipinski definition) is 0. The summed E-state index contributed by atoms with van der Waals surface area (Å²) in [6, 6.07) is 64.5. The van der Waals surface area contributed by atoms with Gasteiger partial charge in [0, 0.05) is 56.2 Å². The first-order chi connectivity index (χ1) is 31.0. The van der Waals surface area contributed by atoms with Crippen molar-refractivity contribution in [2.24, 2.45) is 0 Å². The van der Waals surface area contributed by atoms with Gasteiger partial charge in [-0.2, -0.15) is 5.26 Å². The SMILES string of the molecule is C=C/C=C\C=C(/C)N(c1ccccc1)c1ccc2c(c1)oc1c3ccc(N(c4ccc(C#N)cc4)c4c(F)cc(-c5ccccc5)cc4-c4ccccc4)cc3c3ccccc3c21. The van der Waals surface area contributed by atoms with Crippen LogP contribution in [0, 0.1) is 17.1 Å². The molecule has 0 amide bonds. The van der Waals surface area contributed by atoms with Crippen molar-refractivity contribution in [3.8, 4) is 28.3 Å². The Hall–Kier alpha value is -8.46. The lowest BCUT2D eigenvalue weighted by atomic mass is 9.94. The van der Waals surface area contributed by atoms with Gasteiger partial charge in [0.2, 0.25) is 0 Å². The Balaban J connectivity index is 1.20. The van der Waals surface area contributed by atoms with Gasteiger partial charge in [-0.25, -0.2) is 4.39 Å². The quantitative estimate of drug-likeness (QED) is 0.102. The van der Waals surface area contributed by atoms with Crippen LogP contribution in [0.4, 0.5) is 32.8 Å². The number of anilines is 5. The maximum Gasteiger partial charge on any atom is 0.148 e. The van der Waals surface area contributed by atoms with Crippen molar-refractivity contribution < 1.29 is 8.81 Å². The highest BCUT2D eigenvalue weighted by molar-refractivity contribution is 6.30. The molecular weight excluding hydrogens is 774 g/mol. The van der Waals surface area contributed by atoms with Gasteiger partial charge in [-0.1, -0.05) is 128 Å². The Morgan fingerprint density at radius 3 is 1.92 bits per heavy atom. The highest BCUT2D eigenvalue weighted by Crippen LogP contribution is 2.48. The molecule has 0 bridgehead atoms. The van der Waals surface area contributed by atoms with E-state index in [1.165, 1.54) is 0 Å². The van der Waals surface area contributed by atoms with E-state index in [0.29, 0.717) is 16.9 Å². The third kappa shape index (κ3) is 7.10. The van der Waals surface area contributed by atoms with Crippen LogP contribution in [0.25, 0.3) is 65.7 Å². The van der Waals surface area contributed by atoms with E-state index in [9.17, 15) is 5.26 Å². The molecule has 0 aliphatic heterocycles. The average Bonchev–Trinajstić information content (AvgIpc) is 3.73. The van der Waals surface area contributed by atoms with Gasteiger partial charge < -0.3 is 14.2 Å². The highest BCUT2D eigenvalue weighted by Gasteiger charge is 2.25. The molecule has 0 aliphatic carbocycles. The molecule has 0 radical (unpaired) electrons. The summed E-state index contributed by atoms with van der Waals surface area (Å²) in [6.45, 7) is 5.92. The Bertz CT molecular complexity index is 3440. The van der Waals surface area contributed by atoms with Gasteiger partial charge in [0.05, 0.1) is 17.3 Å². The van der Waals surface area contributed by atoms with Gasteiger partial charge in [0.15, 0.2) is 0 Å². The number of furan rings is 1. The second kappa shape index (κ2) is 16.5. The zero-order chi connectivity index (χ0) is 42.9. The zero-order valence-electron chi connectivity index (χ0n) is 34.5. The summed E-state index contributed by atoms with van der Waals surface area (Å²) < 4.78 is 24.3. The van der Waals surface area contributed by atoms with Crippen molar-refractivity contribution in [3.05, 3.63) is 236 Å². The number of rotatable bonds is 10. The van der Waals surface area contributed by atoms with Crippen LogP contribution >= 0.6 is 0 Å². The number of nitrogens with zero attached hydrogens (tertiary/aromatic N) is 3. The minimum atomic E-state index is -0.376. The second-order valence-electron chi connectivity index (χ2n) is 15.4. The minimum absolute atomic E-state index is 0.376. The van der Waals surface area contributed by atoms with Crippen LogP contribution in [0.15, 0.2) is 229 Å². The summed E-state index contributed by atoms with van der Waals surface area (Å²) in [5, 5.41) is 15.8. The summed E-state index contributed by atoms with van der Waals surface area (Å²) in [5.74, 6) is -0.376. The molecule has 0 saturated heterocycles. The average molecular weight is 814 g/mol. The molecule has 0 fully saturated rings. The summed E-state index contributed by atoms with van der Waals surface area (Å²) in [7, 11) is 0. The molecule has 0 spiro atoms. The molecule has 1 heterocycles. The van der Waals surface area contributed by atoms with E-state index < -0.39 is 0 Å². The van der Waals surface area contributed by atoms with Crippen LogP contribution in [0.3, 0.4) is 0 Å². The molecule has 1 aromatic heterocycles. The minimum Gasteiger partial charge on any atom is -0.455 e. The lowest BCUT2D eigenvalue weighted by Gasteiger charge is -2.29. The number of para-hydroxylation sites is 1. The topological polar surface area (TPSA) is 43.4 Å². The third-order valence-electron chi connectivity index (χ3n) is 11.6. The standard InChI is InChI=1S/C58H40FN3O/c1-3-4-8-17-39(2)61(44-22-13-7-14-23-44)47-31-33-51-55(37-47)63-58-50-32-30-46(36-53(50)48-24-15-16-25-49(48)56(51)58)62(45-28-26-40(38-60)27-29-45)57-52(42-20-11-6-12-21-42)34-43(35-54(57)59)41-18-9-5-10-19-41/h3-37H,1H2,2H3/b8-4-,39-17+. The largest absolute Gasteiger partial charge is 0.455 e. The van der Waals surface area contributed by atoms with E-state index in [1.54, 1.807) is 24.3 Å². The van der Waals surface area contributed by atoms with Crippen LogP contribution in [0.1, 0.15) is 12.5 Å². The molecule has 0 unspecified atom stereocenters. The van der Waals surface area contributed by atoms with E-state index in [4.69, 9.17) is 4.42 Å². The molecule has 300 valence electrons. The number of hydrogen-bond acceptors (Lipinski definition) is 4. The third-order valence-corrected chi connectivity index (χ3v) is 11.6. The molecule has 10 rings (SSSR count). The fraction of sp³-hybridized carbons (Fsp3) is 0.0172. The molecular formula is C58H40FN3O. The monoisotopic (exact) mass is 813 g/mol. The molecule has 5 heteroatoms. The Morgan fingerprint density at radius 1 is 0.571 bits per heavy atom. The van der Waals surface area contributed by atoms with Crippen molar-refractivity contribution in [3.63, 3.8) is 0 Å². The summed E-state index contributed by atoms with van der Waals surface area (Å²) >= 11 is 0. The molecule has 9 aromatic carbocycles. The van der Waals surface area contributed by atoms with Crippen LogP contribution in [0.5, 0.6) is 0 Å². The Labute approximate surface area is 365 Å². The lowest BCUT2D eigenvalue weighted by Crippen LogP contribution is -2.14. The van der Waals surface area contributed by atoms with E-state index >= 15 is 4.39 Å². The van der Waals surface area contributed by atoms with E-state index in [2.05, 4.69) is 103 Å². The number of halogens is 1. The van der Waals surface area contributed by atoms with Crippen LogP contribution < -0.4 is 9.80 Å². The van der Waals surface area contributed by atoms with Crippen molar-refractivity contribution in [1.29, 1.82) is 5.26 Å². The first-order valence-corrected chi connectivity index (χ1v) is 20.9. The number of benzene rings is 9. The summed E-state index contributed by atoms with van der Waals surface area (Å²) in [6.07, 6.45) is 7.75. The maximum atomic E-state index is 17.3. The van der Waals surface area contributed by atoms with Gasteiger partial charge in [0.25, 0.3) is 0 Å². The number of allylic oxidation sites excluding steroid dienone is 5. The van der Waals surface area contributed by atoms with Crippen LogP contribution in [-0.4, -0.2) is 0 Å². The van der Waals surface area contributed by atoms with Crippen molar-refractivity contribution in [2.75, 3.05) is 9.80 Å². The fourth-order valence-electron chi connectivity index (χ4n) is 8.74. The first kappa shape index (κ1) is 38.7. The van der Waals surface area contributed by atoms with E-state index in [-0.39, 0.29) is 5.82 Å². The Kier molecular flexibility index (Phi) is 10.2. The van der Waals surface area contributed by atoms with Gasteiger partial charge >= 0.3 is 0 Å². The predicted molar refractivity (Wildman–Crippen MR) is 261 cm³/mol. The molecule has 0 saturated carbocycles. The maximum absolute atomic E-state index is 17.3. The summed E-state index contributed by atoms with van der Waals surface area (Å²) in [5.41, 5.74) is 10.3. The molecule has 10 aromatic rings. The van der Waals surface area contributed by atoms with Gasteiger partial charge in [-0.05, 0) is 125 Å². The van der Waals surface area contributed by atoms with Crippen molar-refractivity contribution in [1.82, 2.24) is 0 Å². The smallest absolute Gasteiger partial charge is 0.148 e. The number of fused-ring (bicyclic) bond motifs is 8. The van der Waals surface area contributed by atoms with Gasteiger partial charge in [0.1, 0.15) is 17.0 Å². The van der Waals surface area contributed by atoms with Crippen LogP contribution in [-0.2, 0) is 0 Å². The molecule has 0 N–H and O–H groups in total. The van der Waals surface area contributed by atoms with Crippen molar-refractivity contribution >= 4 is 71.9 Å². The van der Waals surface area contributed by atoms with E-state index in [0.717, 1.165) is 88.5 Å². The van der Waals surface area contributed by atoms with Gasteiger partial charge in [-0.15, -0.1) is 0 Å². The van der Waals surface area contributed by atoms with Crippen LogP contribution in [0.2, 0.25) is 0 Å². The molecule has 4 nitrogen and oxygen atoms in total. The number of nitriles is 1. The van der Waals surface area contributed by atoms with E-state index in [1.807, 2.05) is 114 Å². The molecule has 0 aliphatic rings. The Morgan fingerprint density at radius 2 is 1.21 bits per heavy atom. The zero-order valence-corrected chi connectivity index (χ0v) is 34.5. The second-order valence-corrected chi connectivity index (χ2v) is 15.4. The lowest BCUT2D eigenvalue weighted by molar-refractivity contribution is 0.630. The molecule has 0 atom stereocenters. The fourth-order valence-corrected chi connectivity index (χ4v) is 8.74.